The normalized spacial score (nSPS) is 20.0. The van der Waals surface area contributed by atoms with Crippen molar-refractivity contribution in [2.45, 2.75) is 24.3 Å². The number of rotatable bonds is 6. The minimum atomic E-state index is -0.406. The molecule has 2 aromatic carbocycles. The number of ether oxygens (including phenoxy) is 1. The van der Waals surface area contributed by atoms with Crippen molar-refractivity contribution >= 4 is 17.5 Å². The summed E-state index contributed by atoms with van der Waals surface area (Å²) in [4.78, 5) is 15.5. The molecule has 1 aliphatic carbocycles. The predicted octanol–water partition coefficient (Wildman–Crippen LogP) is 3.56. The Morgan fingerprint density at radius 3 is 2.52 bits per heavy atom. The van der Waals surface area contributed by atoms with Crippen molar-refractivity contribution in [1.29, 1.82) is 0 Å². The van der Waals surface area contributed by atoms with Crippen LogP contribution in [0.4, 0.5) is 0 Å². The second kappa shape index (κ2) is 8.01. The summed E-state index contributed by atoms with van der Waals surface area (Å²) in [5.74, 6) is 0.110. The highest BCUT2D eigenvalue weighted by molar-refractivity contribution is 6.30. The molecule has 0 radical (unpaired) electrons. The summed E-state index contributed by atoms with van der Waals surface area (Å²) in [6, 6.07) is 18.3. The molecule has 2 aliphatic rings. The summed E-state index contributed by atoms with van der Waals surface area (Å²) in [5, 5.41) is 3.92. The Labute approximate surface area is 165 Å². The number of amides is 1. The third-order valence-electron chi connectivity index (χ3n) is 5.69. The summed E-state index contributed by atoms with van der Waals surface area (Å²) in [6.45, 7) is 3.85. The van der Waals surface area contributed by atoms with E-state index in [2.05, 4.69) is 34.5 Å². The molecule has 2 fully saturated rings. The fourth-order valence-corrected chi connectivity index (χ4v) is 4.13. The predicted molar refractivity (Wildman–Crippen MR) is 107 cm³/mol. The molecule has 0 spiro atoms. The first-order valence-corrected chi connectivity index (χ1v) is 9.98. The largest absolute Gasteiger partial charge is 0.379 e. The molecular formula is C22H25ClN2O2. The Hall–Kier alpha value is -1.88. The Balaban J connectivity index is 1.48. The molecule has 0 bridgehead atoms. The maximum Gasteiger partial charge on any atom is 0.230 e. The van der Waals surface area contributed by atoms with Gasteiger partial charge in [0.1, 0.15) is 0 Å². The van der Waals surface area contributed by atoms with Crippen molar-refractivity contribution < 1.29 is 9.53 Å². The first-order chi connectivity index (χ1) is 13.2. The van der Waals surface area contributed by atoms with Crippen molar-refractivity contribution in [2.24, 2.45) is 0 Å². The summed E-state index contributed by atoms with van der Waals surface area (Å²) < 4.78 is 5.50. The highest BCUT2D eigenvalue weighted by atomic mass is 35.5. The van der Waals surface area contributed by atoms with E-state index >= 15 is 0 Å². The van der Waals surface area contributed by atoms with Gasteiger partial charge in [-0.3, -0.25) is 9.69 Å². The van der Waals surface area contributed by atoms with E-state index in [-0.39, 0.29) is 11.9 Å². The SMILES string of the molecule is O=C(NCC(c1ccccc1)N1CCOCC1)C1(c2cccc(Cl)c2)CC1. The van der Waals surface area contributed by atoms with Crippen LogP contribution in [0.15, 0.2) is 54.6 Å². The molecule has 5 heteroatoms. The minimum Gasteiger partial charge on any atom is -0.379 e. The topological polar surface area (TPSA) is 41.6 Å². The van der Waals surface area contributed by atoms with Gasteiger partial charge >= 0.3 is 0 Å². The van der Waals surface area contributed by atoms with E-state index in [4.69, 9.17) is 16.3 Å². The minimum absolute atomic E-state index is 0.110. The number of hydrogen-bond donors (Lipinski definition) is 1. The van der Waals surface area contributed by atoms with Crippen LogP contribution in [-0.2, 0) is 14.9 Å². The Morgan fingerprint density at radius 1 is 1.11 bits per heavy atom. The van der Waals surface area contributed by atoms with Crippen LogP contribution in [0.2, 0.25) is 5.02 Å². The molecular weight excluding hydrogens is 360 g/mol. The number of nitrogens with one attached hydrogen (secondary N) is 1. The number of halogens is 1. The van der Waals surface area contributed by atoms with Crippen LogP contribution in [0.3, 0.4) is 0 Å². The fourth-order valence-electron chi connectivity index (χ4n) is 3.94. The van der Waals surface area contributed by atoms with Gasteiger partial charge in [0.05, 0.1) is 24.7 Å². The molecule has 4 nitrogen and oxygen atoms in total. The average Bonchev–Trinajstić information content (AvgIpc) is 3.52. The van der Waals surface area contributed by atoms with Gasteiger partial charge in [-0.05, 0) is 36.1 Å². The lowest BCUT2D eigenvalue weighted by Crippen LogP contribution is -2.45. The van der Waals surface area contributed by atoms with E-state index in [0.29, 0.717) is 11.6 Å². The summed E-state index contributed by atoms with van der Waals surface area (Å²) in [5.41, 5.74) is 1.85. The lowest BCUT2D eigenvalue weighted by Gasteiger charge is -2.35. The Kier molecular flexibility index (Phi) is 5.48. The number of hydrogen-bond acceptors (Lipinski definition) is 3. The van der Waals surface area contributed by atoms with Gasteiger partial charge in [-0.15, -0.1) is 0 Å². The van der Waals surface area contributed by atoms with Crippen molar-refractivity contribution in [1.82, 2.24) is 10.2 Å². The van der Waals surface area contributed by atoms with Crippen molar-refractivity contribution in [3.05, 3.63) is 70.7 Å². The third kappa shape index (κ3) is 4.03. The van der Waals surface area contributed by atoms with E-state index in [9.17, 15) is 4.79 Å². The van der Waals surface area contributed by atoms with Crippen LogP contribution in [0, 0.1) is 0 Å². The molecule has 1 saturated heterocycles. The summed E-state index contributed by atoms with van der Waals surface area (Å²) in [6.07, 6.45) is 1.76. The first-order valence-electron chi connectivity index (χ1n) is 9.60. The number of nitrogens with zero attached hydrogens (tertiary/aromatic N) is 1. The smallest absolute Gasteiger partial charge is 0.230 e. The highest BCUT2D eigenvalue weighted by Gasteiger charge is 2.51. The van der Waals surface area contributed by atoms with Gasteiger partial charge in [0, 0.05) is 24.7 Å². The maximum atomic E-state index is 13.1. The van der Waals surface area contributed by atoms with Gasteiger partial charge in [-0.25, -0.2) is 0 Å². The standard InChI is InChI=1S/C22H25ClN2O2/c23-19-8-4-7-18(15-19)22(9-10-22)21(26)24-16-20(17-5-2-1-3-6-17)25-11-13-27-14-12-25/h1-8,15,20H,9-14,16H2,(H,24,26). The van der Waals surface area contributed by atoms with Gasteiger partial charge in [0.25, 0.3) is 0 Å². The zero-order valence-electron chi connectivity index (χ0n) is 15.4. The third-order valence-corrected chi connectivity index (χ3v) is 5.92. The average molecular weight is 385 g/mol. The van der Waals surface area contributed by atoms with Crippen molar-refractivity contribution in [3.63, 3.8) is 0 Å². The first kappa shape index (κ1) is 18.5. The Bertz CT molecular complexity index is 786. The van der Waals surface area contributed by atoms with Gasteiger partial charge < -0.3 is 10.1 Å². The molecule has 1 unspecified atom stereocenters. The second-order valence-corrected chi connectivity index (χ2v) is 7.81. The lowest BCUT2D eigenvalue weighted by atomic mass is 9.94. The molecule has 0 aromatic heterocycles. The monoisotopic (exact) mass is 384 g/mol. The Morgan fingerprint density at radius 2 is 1.85 bits per heavy atom. The van der Waals surface area contributed by atoms with Crippen molar-refractivity contribution in [2.75, 3.05) is 32.8 Å². The molecule has 142 valence electrons. The number of morpholine rings is 1. The van der Waals surface area contributed by atoms with Gasteiger partial charge in [-0.2, -0.15) is 0 Å². The van der Waals surface area contributed by atoms with E-state index in [1.807, 2.05) is 30.3 Å². The zero-order valence-corrected chi connectivity index (χ0v) is 16.1. The van der Waals surface area contributed by atoms with Crippen LogP contribution in [0.1, 0.15) is 30.0 Å². The van der Waals surface area contributed by atoms with Gasteiger partial charge in [0.15, 0.2) is 0 Å². The number of carbonyl (C=O) groups excluding carboxylic acids is 1. The van der Waals surface area contributed by atoms with E-state index < -0.39 is 5.41 Å². The van der Waals surface area contributed by atoms with E-state index in [1.165, 1.54) is 5.56 Å². The second-order valence-electron chi connectivity index (χ2n) is 7.38. The van der Waals surface area contributed by atoms with Gasteiger partial charge in [-0.1, -0.05) is 54.1 Å². The quantitative estimate of drug-likeness (QED) is 0.827. The fraction of sp³-hybridized carbons (Fsp3) is 0.409. The molecule has 1 N–H and O–H groups in total. The van der Waals surface area contributed by atoms with Gasteiger partial charge in [0.2, 0.25) is 5.91 Å². The van der Waals surface area contributed by atoms with Crippen molar-refractivity contribution in [3.8, 4) is 0 Å². The van der Waals surface area contributed by atoms with Crippen LogP contribution in [0.25, 0.3) is 0 Å². The molecule has 2 aromatic rings. The van der Waals surface area contributed by atoms with Crippen LogP contribution in [0.5, 0.6) is 0 Å². The maximum absolute atomic E-state index is 13.1. The molecule has 1 saturated carbocycles. The molecule has 27 heavy (non-hydrogen) atoms. The van der Waals surface area contributed by atoms with E-state index in [0.717, 1.165) is 44.7 Å². The molecule has 4 rings (SSSR count). The molecule has 1 atom stereocenters. The van der Waals surface area contributed by atoms with Crippen LogP contribution in [-0.4, -0.2) is 43.7 Å². The van der Waals surface area contributed by atoms with Crippen LogP contribution < -0.4 is 5.32 Å². The highest BCUT2D eigenvalue weighted by Crippen LogP contribution is 2.48. The summed E-state index contributed by atoms with van der Waals surface area (Å²) in [7, 11) is 0. The molecule has 1 heterocycles. The zero-order chi connectivity index (χ0) is 18.7. The number of carbonyl (C=O) groups is 1. The number of benzene rings is 2. The van der Waals surface area contributed by atoms with Crippen LogP contribution >= 0.6 is 11.6 Å². The molecule has 1 amide bonds. The van der Waals surface area contributed by atoms with E-state index in [1.54, 1.807) is 0 Å². The molecule has 1 aliphatic heterocycles. The lowest BCUT2D eigenvalue weighted by molar-refractivity contribution is -0.124. The summed E-state index contributed by atoms with van der Waals surface area (Å²) >= 11 is 6.14.